The van der Waals surface area contributed by atoms with E-state index in [9.17, 15) is 4.79 Å². The number of pyridine rings is 1. The van der Waals surface area contributed by atoms with Gasteiger partial charge in [-0.25, -0.2) is 4.98 Å². The molecule has 0 saturated carbocycles. The third-order valence-electron chi connectivity index (χ3n) is 2.64. The van der Waals surface area contributed by atoms with Crippen LogP contribution < -0.4 is 4.74 Å². The number of carbonyl (C=O) groups is 1. The third kappa shape index (κ3) is 2.38. The van der Waals surface area contributed by atoms with Crippen molar-refractivity contribution in [1.29, 1.82) is 0 Å². The van der Waals surface area contributed by atoms with Gasteiger partial charge in [0.05, 0.1) is 13.7 Å². The molecule has 2 rings (SSSR count). The first-order chi connectivity index (χ1) is 8.78. The van der Waals surface area contributed by atoms with Crippen molar-refractivity contribution in [1.82, 2.24) is 4.98 Å². The van der Waals surface area contributed by atoms with Crippen LogP contribution in [0.5, 0.6) is 5.88 Å². The van der Waals surface area contributed by atoms with Crippen LogP contribution in [0.15, 0.2) is 36.5 Å². The van der Waals surface area contributed by atoms with Crippen LogP contribution in [0.1, 0.15) is 15.9 Å². The molecule has 4 nitrogen and oxygen atoms in total. The smallest absolute Gasteiger partial charge is 0.221 e. The Kier molecular flexibility index (Phi) is 3.69. The van der Waals surface area contributed by atoms with Crippen molar-refractivity contribution >= 4 is 6.29 Å². The zero-order valence-corrected chi connectivity index (χ0v) is 9.96. The topological polar surface area (TPSA) is 59.4 Å². The van der Waals surface area contributed by atoms with E-state index in [1.165, 1.54) is 0 Å². The van der Waals surface area contributed by atoms with Crippen LogP contribution in [0, 0.1) is 0 Å². The minimum absolute atomic E-state index is 0.0730. The second kappa shape index (κ2) is 5.42. The van der Waals surface area contributed by atoms with E-state index in [0.717, 1.165) is 17.4 Å². The van der Waals surface area contributed by atoms with E-state index in [1.54, 1.807) is 25.4 Å². The summed E-state index contributed by atoms with van der Waals surface area (Å²) in [4.78, 5) is 14.7. The van der Waals surface area contributed by atoms with Crippen molar-refractivity contribution in [2.45, 2.75) is 6.61 Å². The molecule has 0 aliphatic rings. The number of ether oxygens (including phenoxy) is 1. The summed E-state index contributed by atoms with van der Waals surface area (Å²) in [6, 6.07) is 8.93. The lowest BCUT2D eigenvalue weighted by Gasteiger charge is -2.09. The van der Waals surface area contributed by atoms with Gasteiger partial charge in [-0.15, -0.1) is 0 Å². The predicted octanol–water partition coefficient (Wildman–Crippen LogP) is 2.06. The molecule has 1 N–H and O–H groups in total. The molecule has 1 aromatic carbocycles. The number of benzene rings is 1. The molecular weight excluding hydrogens is 230 g/mol. The number of methoxy groups -OCH3 is 1. The molecule has 0 fully saturated rings. The Morgan fingerprint density at radius 1 is 1.33 bits per heavy atom. The molecule has 0 bridgehead atoms. The summed E-state index contributed by atoms with van der Waals surface area (Å²) in [5, 5.41) is 9.13. The normalized spacial score (nSPS) is 10.1. The average Bonchev–Trinajstić information content (AvgIpc) is 2.46. The standard InChI is InChI=1S/C14H13NO3/c1-18-14-13(6-11(9-17)7-15-14)12-4-2-10(8-16)3-5-12/h2-8,17H,9H2,1H3. The lowest BCUT2D eigenvalue weighted by atomic mass is 10.0. The fraction of sp³-hybridized carbons (Fsp3) is 0.143. The lowest BCUT2D eigenvalue weighted by Crippen LogP contribution is -1.94. The highest BCUT2D eigenvalue weighted by Gasteiger charge is 2.08. The number of aliphatic hydroxyl groups excluding tert-OH is 1. The molecule has 18 heavy (non-hydrogen) atoms. The number of hydrogen-bond acceptors (Lipinski definition) is 4. The Morgan fingerprint density at radius 3 is 2.61 bits per heavy atom. The van der Waals surface area contributed by atoms with Crippen LogP contribution in [-0.4, -0.2) is 23.5 Å². The van der Waals surface area contributed by atoms with Crippen molar-refractivity contribution in [3.05, 3.63) is 47.7 Å². The Balaban J connectivity index is 2.49. The first kappa shape index (κ1) is 12.3. The second-order valence-electron chi connectivity index (χ2n) is 3.80. The summed E-state index contributed by atoms with van der Waals surface area (Å²) in [5.74, 6) is 0.492. The Morgan fingerprint density at radius 2 is 2.06 bits per heavy atom. The third-order valence-corrected chi connectivity index (χ3v) is 2.64. The number of carbonyl (C=O) groups excluding carboxylic acids is 1. The van der Waals surface area contributed by atoms with Crippen molar-refractivity contribution in [2.75, 3.05) is 7.11 Å². The summed E-state index contributed by atoms with van der Waals surface area (Å²) in [6.07, 6.45) is 2.37. The molecule has 0 spiro atoms. The van der Waals surface area contributed by atoms with E-state index < -0.39 is 0 Å². The maximum Gasteiger partial charge on any atom is 0.221 e. The van der Waals surface area contributed by atoms with E-state index in [2.05, 4.69) is 4.98 Å². The van der Waals surface area contributed by atoms with E-state index in [0.29, 0.717) is 17.0 Å². The maximum atomic E-state index is 10.6. The van der Waals surface area contributed by atoms with Gasteiger partial charge in [0, 0.05) is 17.3 Å². The molecule has 4 heteroatoms. The summed E-state index contributed by atoms with van der Waals surface area (Å²) in [5.41, 5.74) is 3.01. The van der Waals surface area contributed by atoms with Crippen LogP contribution in [0.25, 0.3) is 11.1 Å². The second-order valence-corrected chi connectivity index (χ2v) is 3.80. The molecule has 92 valence electrons. The van der Waals surface area contributed by atoms with Crippen LogP contribution >= 0.6 is 0 Å². The number of aliphatic hydroxyl groups is 1. The molecule has 0 aliphatic carbocycles. The number of aromatic nitrogens is 1. The van der Waals surface area contributed by atoms with Gasteiger partial charge in [0.25, 0.3) is 0 Å². The van der Waals surface area contributed by atoms with Gasteiger partial charge in [0.2, 0.25) is 5.88 Å². The molecule has 0 amide bonds. The largest absolute Gasteiger partial charge is 0.481 e. The fourth-order valence-corrected chi connectivity index (χ4v) is 1.69. The molecule has 1 aromatic heterocycles. The van der Waals surface area contributed by atoms with Gasteiger partial charge in [0.1, 0.15) is 6.29 Å². The Bertz CT molecular complexity index is 549. The number of rotatable bonds is 4. The Labute approximate surface area is 105 Å². The maximum absolute atomic E-state index is 10.6. The van der Waals surface area contributed by atoms with Gasteiger partial charge in [-0.3, -0.25) is 4.79 Å². The molecular formula is C14H13NO3. The molecule has 1 heterocycles. The van der Waals surface area contributed by atoms with E-state index >= 15 is 0 Å². The summed E-state index contributed by atoms with van der Waals surface area (Å²) in [7, 11) is 1.55. The number of aldehydes is 1. The molecule has 0 aliphatic heterocycles. The summed E-state index contributed by atoms with van der Waals surface area (Å²) in [6.45, 7) is -0.0730. The van der Waals surface area contributed by atoms with Gasteiger partial charge in [-0.1, -0.05) is 24.3 Å². The van der Waals surface area contributed by atoms with Crippen LogP contribution in [0.2, 0.25) is 0 Å². The molecule has 0 saturated heterocycles. The highest BCUT2D eigenvalue weighted by Crippen LogP contribution is 2.28. The molecule has 2 aromatic rings. The zero-order valence-electron chi connectivity index (χ0n) is 9.96. The van der Waals surface area contributed by atoms with Crippen molar-refractivity contribution in [2.24, 2.45) is 0 Å². The Hall–Kier alpha value is -2.20. The van der Waals surface area contributed by atoms with Gasteiger partial charge < -0.3 is 9.84 Å². The lowest BCUT2D eigenvalue weighted by molar-refractivity contribution is 0.112. The highest BCUT2D eigenvalue weighted by molar-refractivity contribution is 5.77. The van der Waals surface area contributed by atoms with Crippen molar-refractivity contribution in [3.8, 4) is 17.0 Å². The molecule has 0 unspecified atom stereocenters. The summed E-state index contributed by atoms with van der Waals surface area (Å²) < 4.78 is 5.19. The number of hydrogen-bond donors (Lipinski definition) is 1. The first-order valence-corrected chi connectivity index (χ1v) is 5.48. The van der Waals surface area contributed by atoms with Crippen LogP contribution in [0.3, 0.4) is 0 Å². The monoisotopic (exact) mass is 243 g/mol. The molecule has 0 atom stereocenters. The van der Waals surface area contributed by atoms with E-state index in [-0.39, 0.29) is 6.61 Å². The van der Waals surface area contributed by atoms with Gasteiger partial charge in [-0.05, 0) is 17.2 Å². The van der Waals surface area contributed by atoms with E-state index in [1.807, 2.05) is 18.2 Å². The van der Waals surface area contributed by atoms with Crippen molar-refractivity contribution in [3.63, 3.8) is 0 Å². The van der Waals surface area contributed by atoms with Gasteiger partial charge in [0.15, 0.2) is 0 Å². The quantitative estimate of drug-likeness (QED) is 0.835. The predicted molar refractivity (Wildman–Crippen MR) is 67.5 cm³/mol. The van der Waals surface area contributed by atoms with Crippen molar-refractivity contribution < 1.29 is 14.6 Å². The summed E-state index contributed by atoms with van der Waals surface area (Å²) >= 11 is 0. The fourth-order valence-electron chi connectivity index (χ4n) is 1.69. The van der Waals surface area contributed by atoms with Crippen LogP contribution in [0.4, 0.5) is 0 Å². The highest BCUT2D eigenvalue weighted by atomic mass is 16.5. The SMILES string of the molecule is COc1ncc(CO)cc1-c1ccc(C=O)cc1. The van der Waals surface area contributed by atoms with Crippen LogP contribution in [-0.2, 0) is 6.61 Å². The van der Waals surface area contributed by atoms with Gasteiger partial charge in [-0.2, -0.15) is 0 Å². The van der Waals surface area contributed by atoms with Gasteiger partial charge >= 0.3 is 0 Å². The average molecular weight is 243 g/mol. The molecule has 0 radical (unpaired) electrons. The first-order valence-electron chi connectivity index (χ1n) is 5.48. The minimum Gasteiger partial charge on any atom is -0.481 e. The number of nitrogens with zero attached hydrogens (tertiary/aromatic N) is 1. The minimum atomic E-state index is -0.0730. The zero-order chi connectivity index (χ0) is 13.0. The van der Waals surface area contributed by atoms with E-state index in [4.69, 9.17) is 9.84 Å².